The number of benzene rings is 2. The number of nitriles is 1. The van der Waals surface area contributed by atoms with E-state index in [2.05, 4.69) is 10.3 Å². The first-order valence-electron chi connectivity index (χ1n) is 5.58. The molecular weight excluding hydrogens is 261 g/mol. The molecule has 2 aromatic carbocycles. The van der Waals surface area contributed by atoms with Crippen LogP contribution in [0.3, 0.4) is 0 Å². The molecule has 0 amide bonds. The minimum absolute atomic E-state index is 0.0195. The first kappa shape index (κ1) is 11.6. The summed E-state index contributed by atoms with van der Waals surface area (Å²) < 4.78 is 14.3. The zero-order chi connectivity index (χ0) is 13.2. The van der Waals surface area contributed by atoms with Crippen molar-refractivity contribution in [1.82, 2.24) is 4.98 Å². The van der Waals surface area contributed by atoms with Crippen molar-refractivity contribution in [3.8, 4) is 6.07 Å². The SMILES string of the molecule is N#Cc1cc(Nc2nc3ccccc3s2)ccc1F. The highest BCUT2D eigenvalue weighted by atomic mass is 32.1. The minimum atomic E-state index is -0.516. The summed E-state index contributed by atoms with van der Waals surface area (Å²) >= 11 is 1.51. The quantitative estimate of drug-likeness (QED) is 0.763. The fourth-order valence-corrected chi connectivity index (χ4v) is 2.62. The van der Waals surface area contributed by atoms with Gasteiger partial charge in [0.2, 0.25) is 0 Å². The molecule has 3 nitrogen and oxygen atoms in total. The molecule has 0 aliphatic heterocycles. The van der Waals surface area contributed by atoms with Crippen LogP contribution in [0, 0.1) is 17.1 Å². The molecule has 1 N–H and O–H groups in total. The Balaban J connectivity index is 1.94. The molecule has 0 atom stereocenters. The Labute approximate surface area is 113 Å². The van der Waals surface area contributed by atoms with Crippen LogP contribution in [0.25, 0.3) is 10.2 Å². The molecule has 0 fully saturated rings. The summed E-state index contributed by atoms with van der Waals surface area (Å²) in [4.78, 5) is 4.42. The minimum Gasteiger partial charge on any atom is -0.331 e. The number of nitrogens with one attached hydrogen (secondary N) is 1. The van der Waals surface area contributed by atoms with Gasteiger partial charge in [-0.2, -0.15) is 5.26 Å². The zero-order valence-electron chi connectivity index (χ0n) is 9.72. The van der Waals surface area contributed by atoms with Gasteiger partial charge in [0.1, 0.15) is 11.9 Å². The second-order valence-electron chi connectivity index (χ2n) is 3.92. The highest BCUT2D eigenvalue weighted by Crippen LogP contribution is 2.28. The Hall–Kier alpha value is -2.45. The third-order valence-electron chi connectivity index (χ3n) is 2.63. The second-order valence-corrected chi connectivity index (χ2v) is 4.95. The molecule has 0 bridgehead atoms. The van der Waals surface area contributed by atoms with E-state index in [-0.39, 0.29) is 5.56 Å². The second kappa shape index (κ2) is 4.67. The van der Waals surface area contributed by atoms with Crippen LogP contribution in [0.1, 0.15) is 5.56 Å². The summed E-state index contributed by atoms with van der Waals surface area (Å²) in [5.41, 5.74) is 1.58. The average molecular weight is 269 g/mol. The smallest absolute Gasteiger partial charge is 0.188 e. The monoisotopic (exact) mass is 269 g/mol. The number of hydrogen-bond donors (Lipinski definition) is 1. The van der Waals surface area contributed by atoms with Gasteiger partial charge >= 0.3 is 0 Å². The lowest BCUT2D eigenvalue weighted by Crippen LogP contribution is -1.91. The third kappa shape index (κ3) is 2.26. The normalized spacial score (nSPS) is 10.3. The van der Waals surface area contributed by atoms with Crippen LogP contribution >= 0.6 is 11.3 Å². The summed E-state index contributed by atoms with van der Waals surface area (Å²) in [6.07, 6.45) is 0. The van der Waals surface area contributed by atoms with E-state index in [9.17, 15) is 4.39 Å². The van der Waals surface area contributed by atoms with Gasteiger partial charge in [0.05, 0.1) is 15.8 Å². The van der Waals surface area contributed by atoms with Crippen LogP contribution in [0.5, 0.6) is 0 Å². The first-order valence-corrected chi connectivity index (χ1v) is 6.40. The van der Waals surface area contributed by atoms with Crippen molar-refractivity contribution >= 4 is 32.4 Å². The van der Waals surface area contributed by atoms with Gasteiger partial charge in [0, 0.05) is 5.69 Å². The van der Waals surface area contributed by atoms with Crippen LogP contribution < -0.4 is 5.32 Å². The molecule has 0 saturated carbocycles. The van der Waals surface area contributed by atoms with E-state index in [1.165, 1.54) is 23.5 Å². The largest absolute Gasteiger partial charge is 0.331 e. The Morgan fingerprint density at radius 2 is 2.05 bits per heavy atom. The molecule has 1 heterocycles. The van der Waals surface area contributed by atoms with E-state index >= 15 is 0 Å². The average Bonchev–Trinajstić information content (AvgIpc) is 2.83. The van der Waals surface area contributed by atoms with Crippen molar-refractivity contribution in [2.45, 2.75) is 0 Å². The van der Waals surface area contributed by atoms with Gasteiger partial charge < -0.3 is 5.32 Å². The van der Waals surface area contributed by atoms with Gasteiger partial charge in [-0.3, -0.25) is 0 Å². The van der Waals surface area contributed by atoms with Gasteiger partial charge in [-0.05, 0) is 30.3 Å². The van der Waals surface area contributed by atoms with Crippen LogP contribution in [-0.4, -0.2) is 4.98 Å². The fourth-order valence-electron chi connectivity index (χ4n) is 1.74. The van der Waals surface area contributed by atoms with Crippen molar-refractivity contribution in [1.29, 1.82) is 5.26 Å². The van der Waals surface area contributed by atoms with Crippen LogP contribution in [0.4, 0.5) is 15.2 Å². The summed E-state index contributed by atoms with van der Waals surface area (Å²) in [6.45, 7) is 0. The van der Waals surface area contributed by atoms with Crippen molar-refractivity contribution in [2.75, 3.05) is 5.32 Å². The summed E-state index contributed by atoms with van der Waals surface area (Å²) in [7, 11) is 0. The number of halogens is 1. The maximum Gasteiger partial charge on any atom is 0.188 e. The molecule has 1 aromatic heterocycles. The van der Waals surface area contributed by atoms with Gasteiger partial charge in [-0.15, -0.1) is 0 Å². The number of nitrogens with zero attached hydrogens (tertiary/aromatic N) is 2. The fraction of sp³-hybridized carbons (Fsp3) is 0. The number of aromatic nitrogens is 1. The topological polar surface area (TPSA) is 48.7 Å². The van der Waals surface area contributed by atoms with Crippen LogP contribution in [0.2, 0.25) is 0 Å². The lowest BCUT2D eigenvalue weighted by molar-refractivity contribution is 0.624. The van der Waals surface area contributed by atoms with Crippen molar-refractivity contribution in [2.24, 2.45) is 0 Å². The van der Waals surface area contributed by atoms with Gasteiger partial charge in [0.25, 0.3) is 0 Å². The number of anilines is 2. The molecule has 3 rings (SSSR count). The van der Waals surface area contributed by atoms with Crippen molar-refractivity contribution in [3.63, 3.8) is 0 Å². The first-order chi connectivity index (χ1) is 9.26. The molecule has 0 unspecified atom stereocenters. The van der Waals surface area contributed by atoms with Crippen LogP contribution in [-0.2, 0) is 0 Å². The number of thiazole rings is 1. The van der Waals surface area contributed by atoms with E-state index in [4.69, 9.17) is 5.26 Å². The van der Waals surface area contributed by atoms with Gasteiger partial charge in [-0.25, -0.2) is 9.37 Å². The Morgan fingerprint density at radius 3 is 2.84 bits per heavy atom. The van der Waals surface area contributed by atoms with E-state index in [0.717, 1.165) is 15.3 Å². The van der Waals surface area contributed by atoms with Crippen LogP contribution in [0.15, 0.2) is 42.5 Å². The summed E-state index contributed by atoms with van der Waals surface area (Å²) in [6, 6.07) is 14.0. The maximum absolute atomic E-state index is 13.2. The van der Waals surface area contributed by atoms with E-state index in [1.54, 1.807) is 6.07 Å². The predicted molar refractivity (Wildman–Crippen MR) is 74.0 cm³/mol. The molecule has 0 aliphatic rings. The highest BCUT2D eigenvalue weighted by Gasteiger charge is 2.06. The number of rotatable bonds is 2. The zero-order valence-corrected chi connectivity index (χ0v) is 10.5. The van der Waals surface area contributed by atoms with E-state index in [0.29, 0.717) is 5.69 Å². The Kier molecular flexibility index (Phi) is 2.86. The van der Waals surface area contributed by atoms with E-state index in [1.807, 2.05) is 30.3 Å². The lowest BCUT2D eigenvalue weighted by Gasteiger charge is -2.02. The summed E-state index contributed by atoms with van der Waals surface area (Å²) in [5, 5.41) is 12.6. The van der Waals surface area contributed by atoms with Gasteiger partial charge in [-0.1, -0.05) is 23.5 Å². The Morgan fingerprint density at radius 1 is 1.21 bits per heavy atom. The predicted octanol–water partition coefficient (Wildman–Crippen LogP) is 4.05. The number of hydrogen-bond acceptors (Lipinski definition) is 4. The molecule has 0 radical (unpaired) electrons. The molecule has 5 heteroatoms. The Bertz CT molecular complexity index is 756. The molecule has 19 heavy (non-hydrogen) atoms. The van der Waals surface area contributed by atoms with Crippen molar-refractivity contribution < 1.29 is 4.39 Å². The molecule has 3 aromatic rings. The molecule has 92 valence electrons. The molecule has 0 aliphatic carbocycles. The van der Waals surface area contributed by atoms with E-state index < -0.39 is 5.82 Å². The standard InChI is InChI=1S/C14H8FN3S/c15-11-6-5-10(7-9(11)8-16)17-14-18-12-3-1-2-4-13(12)19-14/h1-7H,(H,17,18). The number of para-hydroxylation sites is 1. The molecular formula is C14H8FN3S. The van der Waals surface area contributed by atoms with Gasteiger partial charge in [0.15, 0.2) is 5.13 Å². The third-order valence-corrected chi connectivity index (χ3v) is 3.58. The number of fused-ring (bicyclic) bond motifs is 1. The maximum atomic E-state index is 13.2. The molecule has 0 saturated heterocycles. The van der Waals surface area contributed by atoms with Crippen molar-refractivity contribution in [3.05, 3.63) is 53.8 Å². The summed E-state index contributed by atoms with van der Waals surface area (Å²) in [5.74, 6) is -0.516. The molecule has 0 spiro atoms. The lowest BCUT2D eigenvalue weighted by atomic mass is 10.2. The highest BCUT2D eigenvalue weighted by molar-refractivity contribution is 7.22.